The maximum Gasteiger partial charge on any atom is 0.264 e. The number of nitrogens with one attached hydrogen (secondary N) is 2. The first-order valence-electron chi connectivity index (χ1n) is 12.9. The van der Waals surface area contributed by atoms with Crippen molar-refractivity contribution >= 4 is 21.9 Å². The lowest BCUT2D eigenvalue weighted by molar-refractivity contribution is 0.0681. The summed E-state index contributed by atoms with van der Waals surface area (Å²) >= 11 is 0. The number of hydrogen-bond acceptors (Lipinski definition) is 7. The fourth-order valence-electron chi connectivity index (χ4n) is 5.19. The van der Waals surface area contributed by atoms with E-state index in [4.69, 9.17) is 4.74 Å². The Bertz CT molecular complexity index is 1450. The third-order valence-electron chi connectivity index (χ3n) is 6.89. The van der Waals surface area contributed by atoms with Crippen molar-refractivity contribution < 1.29 is 17.9 Å². The van der Waals surface area contributed by atoms with E-state index in [1.165, 1.54) is 12.1 Å². The number of aryl methyl sites for hydroxylation is 2. The number of ether oxygens (including phenoxy) is 1. The average molecular weight is 536 g/mol. The fraction of sp³-hybridized carbons (Fsp3) is 0.393. The molecule has 2 aliphatic rings. The minimum absolute atomic E-state index is 0.0330. The monoisotopic (exact) mass is 535 g/mol. The molecule has 3 heterocycles. The molecule has 2 aliphatic heterocycles. The van der Waals surface area contributed by atoms with Crippen molar-refractivity contribution in [2.75, 3.05) is 24.4 Å². The highest BCUT2D eigenvalue weighted by atomic mass is 32.2. The number of sulfonamides is 1. The van der Waals surface area contributed by atoms with Gasteiger partial charge in [-0.2, -0.15) is 4.98 Å². The first-order valence-corrected chi connectivity index (χ1v) is 14.4. The van der Waals surface area contributed by atoms with Gasteiger partial charge in [-0.3, -0.25) is 4.79 Å². The van der Waals surface area contributed by atoms with E-state index in [9.17, 15) is 13.2 Å². The van der Waals surface area contributed by atoms with E-state index < -0.39 is 16.1 Å². The number of rotatable bonds is 3. The minimum Gasteiger partial charge on any atom is -0.471 e. The average Bonchev–Trinajstić information content (AvgIpc) is 3.04. The molecule has 38 heavy (non-hydrogen) atoms. The van der Waals surface area contributed by atoms with Gasteiger partial charge in [-0.05, 0) is 55.5 Å². The van der Waals surface area contributed by atoms with Crippen LogP contribution in [0.4, 0.5) is 5.95 Å². The molecule has 1 saturated heterocycles. The molecule has 1 aromatic heterocycles. The number of anilines is 1. The molecule has 5 rings (SSSR count). The topological polar surface area (TPSA) is 114 Å². The lowest BCUT2D eigenvalue weighted by atomic mass is 10.00. The van der Waals surface area contributed by atoms with E-state index in [1.54, 1.807) is 23.1 Å². The molecule has 0 unspecified atom stereocenters. The van der Waals surface area contributed by atoms with Crippen molar-refractivity contribution in [1.29, 1.82) is 0 Å². The van der Waals surface area contributed by atoms with E-state index in [2.05, 4.69) is 33.9 Å². The second kappa shape index (κ2) is 10.3. The predicted octanol–water partition coefficient (Wildman–Crippen LogP) is 3.78. The summed E-state index contributed by atoms with van der Waals surface area (Å²) in [7, 11) is -4.07. The van der Waals surface area contributed by atoms with E-state index >= 15 is 0 Å². The van der Waals surface area contributed by atoms with Crippen LogP contribution in [0.1, 0.15) is 41.8 Å². The van der Waals surface area contributed by atoms with Crippen LogP contribution in [0.15, 0.2) is 53.4 Å². The number of carbonyl (C=O) groups is 1. The van der Waals surface area contributed by atoms with Crippen LogP contribution >= 0.6 is 0 Å². The number of fused-ring (bicyclic) bond motifs is 6. The van der Waals surface area contributed by atoms with Crippen LogP contribution in [0.25, 0.3) is 11.3 Å². The van der Waals surface area contributed by atoms with Gasteiger partial charge < -0.3 is 15.0 Å². The highest BCUT2D eigenvalue weighted by Crippen LogP contribution is 2.30. The van der Waals surface area contributed by atoms with Crippen molar-refractivity contribution in [1.82, 2.24) is 20.2 Å². The third kappa shape index (κ3) is 5.51. The zero-order valence-electron chi connectivity index (χ0n) is 22.1. The smallest absolute Gasteiger partial charge is 0.264 e. The first kappa shape index (κ1) is 26.1. The molecule has 1 fully saturated rings. The van der Waals surface area contributed by atoms with Crippen LogP contribution in [-0.4, -0.2) is 61.0 Å². The maximum atomic E-state index is 13.6. The van der Waals surface area contributed by atoms with Gasteiger partial charge >= 0.3 is 0 Å². The number of aromatic nitrogens is 2. The Labute approximate surface area is 223 Å². The largest absolute Gasteiger partial charge is 0.471 e. The lowest BCUT2D eigenvalue weighted by Gasteiger charge is -2.26. The van der Waals surface area contributed by atoms with Crippen molar-refractivity contribution in [3.8, 4) is 17.1 Å². The van der Waals surface area contributed by atoms with Crippen LogP contribution in [0.5, 0.6) is 5.88 Å². The van der Waals surface area contributed by atoms with Crippen LogP contribution < -0.4 is 14.8 Å². The van der Waals surface area contributed by atoms with Gasteiger partial charge in [-0.15, -0.1) is 0 Å². The Kier molecular flexibility index (Phi) is 7.11. The molecule has 10 heteroatoms. The Morgan fingerprint density at radius 2 is 1.79 bits per heavy atom. The summed E-state index contributed by atoms with van der Waals surface area (Å²) < 4.78 is 35.5. The van der Waals surface area contributed by atoms with Crippen LogP contribution in [0, 0.1) is 19.8 Å². The Morgan fingerprint density at radius 3 is 2.53 bits per heavy atom. The minimum atomic E-state index is -4.07. The molecule has 9 nitrogen and oxygen atoms in total. The van der Waals surface area contributed by atoms with Crippen LogP contribution in [-0.2, 0) is 10.0 Å². The molecular weight excluding hydrogens is 502 g/mol. The molecule has 6 bridgehead atoms. The molecule has 0 spiro atoms. The molecule has 2 atom stereocenters. The standard InChI is InChI=1S/C28H33N5O4S/c1-17(2)11-21-15-33-16-22(14-29-21)37-25-13-24(26-18(3)7-5-8-19(26)4)30-28(31-25)32-38(35,36)23-10-6-9-20(12-23)27(33)34/h5-10,12-13,17,21-22,29H,11,14-16H2,1-4H3,(H,30,31,32)/t21-,22+/m0/s1. The normalized spacial score (nSPS) is 20.9. The van der Waals surface area contributed by atoms with E-state index in [1.807, 2.05) is 32.0 Å². The maximum absolute atomic E-state index is 13.6. The summed E-state index contributed by atoms with van der Waals surface area (Å²) in [5.74, 6) is 0.354. The predicted molar refractivity (Wildman–Crippen MR) is 146 cm³/mol. The highest BCUT2D eigenvalue weighted by Gasteiger charge is 2.31. The SMILES string of the molecule is Cc1cccc(C)c1-c1cc2nc(n1)NS(=O)(=O)c1cccc(c1)C(=O)N1C[C@H](CC(C)C)NC[C@H](C1)O2. The molecule has 0 saturated carbocycles. The van der Waals surface area contributed by atoms with E-state index in [-0.39, 0.29) is 28.7 Å². The van der Waals surface area contributed by atoms with Crippen LogP contribution in [0.3, 0.4) is 0 Å². The number of amides is 1. The van der Waals surface area contributed by atoms with Gasteiger partial charge in [0.05, 0.1) is 17.1 Å². The number of hydrogen-bond donors (Lipinski definition) is 2. The van der Waals surface area contributed by atoms with Gasteiger partial charge in [0.15, 0.2) is 0 Å². The van der Waals surface area contributed by atoms with Crippen molar-refractivity contribution in [2.45, 2.75) is 51.2 Å². The molecular formula is C28H33N5O4S. The Morgan fingerprint density at radius 1 is 1.05 bits per heavy atom. The van der Waals surface area contributed by atoms with Gasteiger partial charge in [0.25, 0.3) is 15.9 Å². The first-order chi connectivity index (χ1) is 18.1. The fourth-order valence-corrected chi connectivity index (χ4v) is 6.18. The zero-order valence-corrected chi connectivity index (χ0v) is 22.9. The molecule has 1 amide bonds. The lowest BCUT2D eigenvalue weighted by Crippen LogP contribution is -2.41. The zero-order chi connectivity index (χ0) is 27.0. The molecule has 2 N–H and O–H groups in total. The van der Waals surface area contributed by atoms with Gasteiger partial charge in [0, 0.05) is 36.3 Å². The van der Waals surface area contributed by atoms with E-state index in [0.29, 0.717) is 36.8 Å². The van der Waals surface area contributed by atoms with Crippen molar-refractivity contribution in [3.05, 3.63) is 65.2 Å². The van der Waals surface area contributed by atoms with Gasteiger partial charge in [0.1, 0.15) is 6.10 Å². The molecule has 2 aromatic carbocycles. The third-order valence-corrected chi connectivity index (χ3v) is 8.21. The Balaban J connectivity index is 1.65. The summed E-state index contributed by atoms with van der Waals surface area (Å²) in [6.45, 7) is 9.62. The van der Waals surface area contributed by atoms with Crippen molar-refractivity contribution in [3.63, 3.8) is 0 Å². The second-order valence-electron chi connectivity index (χ2n) is 10.5. The molecule has 0 aliphatic carbocycles. The van der Waals surface area contributed by atoms with Gasteiger partial charge in [-0.1, -0.05) is 38.1 Å². The second-order valence-corrected chi connectivity index (χ2v) is 12.2. The summed E-state index contributed by atoms with van der Waals surface area (Å²) in [6.07, 6.45) is 0.494. The number of benzene rings is 2. The summed E-state index contributed by atoms with van der Waals surface area (Å²) in [4.78, 5) is 24.3. The van der Waals surface area contributed by atoms with Gasteiger partial charge in [0.2, 0.25) is 11.8 Å². The highest BCUT2D eigenvalue weighted by molar-refractivity contribution is 7.92. The quantitative estimate of drug-likeness (QED) is 0.525. The Hall–Kier alpha value is -3.50. The number of nitrogens with zero attached hydrogens (tertiary/aromatic N) is 3. The van der Waals surface area contributed by atoms with Crippen molar-refractivity contribution in [2.24, 2.45) is 5.92 Å². The summed E-state index contributed by atoms with van der Waals surface area (Å²) in [5, 5.41) is 3.56. The molecule has 200 valence electrons. The molecule has 0 radical (unpaired) electrons. The molecule has 3 aromatic rings. The van der Waals surface area contributed by atoms with E-state index in [0.717, 1.165) is 23.1 Å². The van der Waals surface area contributed by atoms with Gasteiger partial charge in [-0.25, -0.2) is 18.1 Å². The number of carbonyl (C=O) groups excluding carboxylic acids is 1. The van der Waals surface area contributed by atoms with Crippen LogP contribution in [0.2, 0.25) is 0 Å². The summed E-state index contributed by atoms with van der Waals surface area (Å²) in [5.41, 5.74) is 3.75. The summed E-state index contributed by atoms with van der Waals surface area (Å²) in [6, 6.07) is 13.8.